The number of halogens is 1. The molecule has 0 spiro atoms. The third-order valence-electron chi connectivity index (χ3n) is 4.55. The SMILES string of the molecule is CCCC1(S(=O)(=O)Nc2cc(F)c(=O)n(C3CCCO3)c2)CC1. The zero-order chi connectivity index (χ0) is 16.7. The summed E-state index contributed by atoms with van der Waals surface area (Å²) in [6, 6.07) is 0.938. The van der Waals surface area contributed by atoms with Crippen molar-refractivity contribution in [1.29, 1.82) is 0 Å². The highest BCUT2D eigenvalue weighted by Crippen LogP contribution is 2.47. The third-order valence-corrected chi connectivity index (χ3v) is 6.81. The van der Waals surface area contributed by atoms with Crippen LogP contribution in [0.25, 0.3) is 0 Å². The van der Waals surface area contributed by atoms with Gasteiger partial charge in [-0.05, 0) is 32.1 Å². The normalized spacial score (nSPS) is 23.0. The van der Waals surface area contributed by atoms with Gasteiger partial charge in [0.2, 0.25) is 10.0 Å². The first-order valence-electron chi connectivity index (χ1n) is 7.94. The number of aromatic nitrogens is 1. The highest BCUT2D eigenvalue weighted by molar-refractivity contribution is 7.94. The van der Waals surface area contributed by atoms with Crippen LogP contribution in [0.5, 0.6) is 0 Å². The maximum Gasteiger partial charge on any atom is 0.288 e. The fourth-order valence-electron chi connectivity index (χ4n) is 3.13. The van der Waals surface area contributed by atoms with Crippen LogP contribution in [0, 0.1) is 5.82 Å². The molecule has 1 aromatic heterocycles. The van der Waals surface area contributed by atoms with Gasteiger partial charge in [0, 0.05) is 18.9 Å². The Hall–Kier alpha value is -1.41. The smallest absolute Gasteiger partial charge is 0.288 e. The van der Waals surface area contributed by atoms with Crippen molar-refractivity contribution in [2.45, 2.75) is 56.4 Å². The first-order valence-corrected chi connectivity index (χ1v) is 9.42. The third kappa shape index (κ3) is 3.01. The van der Waals surface area contributed by atoms with Gasteiger partial charge in [0.25, 0.3) is 5.56 Å². The minimum absolute atomic E-state index is 0.0694. The van der Waals surface area contributed by atoms with Gasteiger partial charge in [0.05, 0.1) is 10.4 Å². The molecule has 6 nitrogen and oxygen atoms in total. The molecule has 1 saturated heterocycles. The van der Waals surface area contributed by atoms with E-state index in [4.69, 9.17) is 4.74 Å². The van der Waals surface area contributed by atoms with E-state index in [0.29, 0.717) is 32.3 Å². The van der Waals surface area contributed by atoms with Gasteiger partial charge >= 0.3 is 0 Å². The number of pyridine rings is 1. The topological polar surface area (TPSA) is 77.4 Å². The van der Waals surface area contributed by atoms with Crippen LogP contribution in [0.1, 0.15) is 51.7 Å². The second-order valence-electron chi connectivity index (χ2n) is 6.30. The van der Waals surface area contributed by atoms with Crippen LogP contribution in [-0.4, -0.2) is 24.3 Å². The van der Waals surface area contributed by atoms with Gasteiger partial charge in [-0.2, -0.15) is 0 Å². The molecular formula is C15H21FN2O4S. The average molecular weight is 344 g/mol. The summed E-state index contributed by atoms with van der Waals surface area (Å²) in [5, 5.41) is 0. The van der Waals surface area contributed by atoms with Gasteiger partial charge in [-0.15, -0.1) is 0 Å². The minimum Gasteiger partial charge on any atom is -0.358 e. The fraction of sp³-hybridized carbons (Fsp3) is 0.667. The van der Waals surface area contributed by atoms with Crippen LogP contribution < -0.4 is 10.3 Å². The van der Waals surface area contributed by atoms with Gasteiger partial charge in [-0.25, -0.2) is 12.8 Å². The maximum absolute atomic E-state index is 13.9. The molecule has 1 aromatic rings. The fourth-order valence-corrected chi connectivity index (χ4v) is 4.88. The van der Waals surface area contributed by atoms with Crippen LogP contribution in [0.3, 0.4) is 0 Å². The lowest BCUT2D eigenvalue weighted by atomic mass is 10.2. The number of hydrogen-bond acceptors (Lipinski definition) is 4. The number of nitrogens with zero attached hydrogens (tertiary/aromatic N) is 1. The Morgan fingerprint density at radius 2 is 2.22 bits per heavy atom. The van der Waals surface area contributed by atoms with Gasteiger partial charge < -0.3 is 4.74 Å². The van der Waals surface area contributed by atoms with Crippen molar-refractivity contribution in [2.75, 3.05) is 11.3 Å². The lowest BCUT2D eigenvalue weighted by Crippen LogP contribution is -2.31. The highest BCUT2D eigenvalue weighted by atomic mass is 32.2. The predicted molar refractivity (Wildman–Crippen MR) is 84.3 cm³/mol. The zero-order valence-corrected chi connectivity index (χ0v) is 13.9. The maximum atomic E-state index is 13.9. The Kier molecular flexibility index (Phi) is 4.22. The Bertz CT molecular complexity index is 749. The Morgan fingerprint density at radius 3 is 2.78 bits per heavy atom. The summed E-state index contributed by atoms with van der Waals surface area (Å²) >= 11 is 0. The molecule has 0 radical (unpaired) electrons. The van der Waals surface area contributed by atoms with E-state index in [1.165, 1.54) is 6.20 Å². The van der Waals surface area contributed by atoms with Gasteiger partial charge in [0.1, 0.15) is 6.23 Å². The van der Waals surface area contributed by atoms with Crippen LogP contribution in [-0.2, 0) is 14.8 Å². The standard InChI is InChI=1S/C15H21FN2O4S/c1-2-5-15(6-7-15)23(20,21)17-11-9-12(16)14(19)18(10-11)13-4-3-8-22-13/h9-10,13,17H,2-8H2,1H3. The molecule has 3 rings (SSSR count). The number of hydrogen-bond donors (Lipinski definition) is 1. The van der Waals surface area contributed by atoms with Crippen molar-refractivity contribution in [3.05, 3.63) is 28.4 Å². The van der Waals surface area contributed by atoms with Crippen molar-refractivity contribution in [3.63, 3.8) is 0 Å². The van der Waals surface area contributed by atoms with Crippen molar-refractivity contribution < 1.29 is 17.5 Å². The molecule has 0 bridgehead atoms. The van der Waals surface area contributed by atoms with Crippen molar-refractivity contribution in [2.24, 2.45) is 0 Å². The van der Waals surface area contributed by atoms with E-state index in [-0.39, 0.29) is 5.69 Å². The Labute approximate surface area is 134 Å². The van der Waals surface area contributed by atoms with Gasteiger partial charge in [0.15, 0.2) is 5.82 Å². The zero-order valence-electron chi connectivity index (χ0n) is 13.0. The lowest BCUT2D eigenvalue weighted by Gasteiger charge is -2.19. The molecular weight excluding hydrogens is 323 g/mol. The molecule has 23 heavy (non-hydrogen) atoms. The second-order valence-corrected chi connectivity index (χ2v) is 8.37. The summed E-state index contributed by atoms with van der Waals surface area (Å²) in [4.78, 5) is 11.9. The predicted octanol–water partition coefficient (Wildman–Crippen LogP) is 2.37. The van der Waals surface area contributed by atoms with Crippen LogP contribution in [0.15, 0.2) is 17.1 Å². The minimum atomic E-state index is -3.61. The second kappa shape index (κ2) is 5.90. The molecule has 0 aromatic carbocycles. The van der Waals surface area contributed by atoms with Crippen LogP contribution >= 0.6 is 0 Å². The van der Waals surface area contributed by atoms with Gasteiger partial charge in [-0.1, -0.05) is 13.3 Å². The summed E-state index contributed by atoms with van der Waals surface area (Å²) < 4.78 is 47.2. The molecule has 2 heterocycles. The molecule has 0 amide bonds. The molecule has 2 aliphatic rings. The molecule has 1 aliphatic heterocycles. The van der Waals surface area contributed by atoms with E-state index in [9.17, 15) is 17.6 Å². The summed E-state index contributed by atoms with van der Waals surface area (Å²) in [7, 11) is -3.61. The average Bonchev–Trinajstić information content (AvgIpc) is 3.09. The van der Waals surface area contributed by atoms with E-state index in [2.05, 4.69) is 4.72 Å². The summed E-state index contributed by atoms with van der Waals surface area (Å²) in [6.45, 7) is 2.45. The molecule has 8 heteroatoms. The van der Waals surface area contributed by atoms with Crippen LogP contribution in [0.2, 0.25) is 0 Å². The number of sulfonamides is 1. The van der Waals surface area contributed by atoms with E-state index in [1.54, 1.807) is 0 Å². The molecule has 1 N–H and O–H groups in total. The number of anilines is 1. The van der Waals surface area contributed by atoms with E-state index in [1.807, 2.05) is 6.92 Å². The van der Waals surface area contributed by atoms with Crippen molar-refractivity contribution in [3.8, 4) is 0 Å². The highest BCUT2D eigenvalue weighted by Gasteiger charge is 2.53. The van der Waals surface area contributed by atoms with E-state index < -0.39 is 32.4 Å². The first-order chi connectivity index (χ1) is 10.9. The van der Waals surface area contributed by atoms with Gasteiger partial charge in [-0.3, -0.25) is 14.1 Å². The molecule has 128 valence electrons. The number of ether oxygens (including phenoxy) is 1. The summed E-state index contributed by atoms with van der Waals surface area (Å²) in [6.07, 6.45) is 4.77. The number of rotatable bonds is 6. The van der Waals surface area contributed by atoms with Crippen molar-refractivity contribution in [1.82, 2.24) is 4.57 Å². The molecule has 2 fully saturated rings. The Morgan fingerprint density at radius 1 is 1.48 bits per heavy atom. The van der Waals surface area contributed by atoms with Crippen LogP contribution in [0.4, 0.5) is 10.1 Å². The number of nitrogens with one attached hydrogen (secondary N) is 1. The quantitative estimate of drug-likeness (QED) is 0.859. The largest absolute Gasteiger partial charge is 0.358 e. The lowest BCUT2D eigenvalue weighted by molar-refractivity contribution is 0.0530. The Balaban J connectivity index is 1.90. The molecule has 1 atom stereocenters. The van der Waals surface area contributed by atoms with E-state index >= 15 is 0 Å². The molecule has 1 unspecified atom stereocenters. The van der Waals surface area contributed by atoms with E-state index in [0.717, 1.165) is 23.5 Å². The summed E-state index contributed by atoms with van der Waals surface area (Å²) in [5.74, 6) is -0.985. The monoisotopic (exact) mass is 344 g/mol. The first kappa shape index (κ1) is 16.4. The van der Waals surface area contributed by atoms with Crippen molar-refractivity contribution >= 4 is 15.7 Å². The molecule has 1 aliphatic carbocycles. The molecule has 1 saturated carbocycles. The summed E-state index contributed by atoms with van der Waals surface area (Å²) in [5.41, 5.74) is -0.727.